The summed E-state index contributed by atoms with van der Waals surface area (Å²) in [5, 5.41) is 0. The van der Waals surface area contributed by atoms with E-state index in [4.69, 9.17) is 9.98 Å². The third-order valence-corrected chi connectivity index (χ3v) is 13.9. The van der Waals surface area contributed by atoms with Crippen LogP contribution >= 0.6 is 0 Å². The number of rotatable bonds is 10. The van der Waals surface area contributed by atoms with E-state index in [1.807, 2.05) is 0 Å². The zero-order chi connectivity index (χ0) is 43.1. The molecule has 0 saturated heterocycles. The number of allylic oxidation sites excluding steroid dienone is 8. The van der Waals surface area contributed by atoms with Crippen LogP contribution in [0.25, 0.3) is 0 Å². The first kappa shape index (κ1) is 41.0. The number of hydrogen-bond donors (Lipinski definition) is 0. The zero-order valence-electron chi connectivity index (χ0n) is 37.5. The summed E-state index contributed by atoms with van der Waals surface area (Å²) in [5.41, 5.74) is 22.1. The van der Waals surface area contributed by atoms with Crippen molar-refractivity contribution in [2.75, 3.05) is 0 Å². The topological polar surface area (TPSA) is 24.7 Å². The molecule has 3 aliphatic carbocycles. The van der Waals surface area contributed by atoms with Crippen molar-refractivity contribution in [3.63, 3.8) is 0 Å². The van der Waals surface area contributed by atoms with Gasteiger partial charge in [-0.05, 0) is 88.9 Å². The predicted molar refractivity (Wildman–Crippen MR) is 263 cm³/mol. The van der Waals surface area contributed by atoms with Gasteiger partial charge >= 0.3 is 0 Å². The van der Waals surface area contributed by atoms with Gasteiger partial charge in [0, 0.05) is 35.5 Å². The van der Waals surface area contributed by atoms with Crippen LogP contribution in [0.3, 0.4) is 0 Å². The lowest BCUT2D eigenvalue weighted by molar-refractivity contribution is 0.642. The standard InChI is InChI=1S/C60H58N2/c1-37-33-50(41(5)45-21-13-9-14-22-45)57(51(34-37)42(6)46-23-15-10-16-24-46)61-59-54-39(3)29-31-49-32-30-40(4)55(56(49)54)60(59)62-58-52(43(7)47-25-17-11-18-26-47)35-38(2)36-53(58)44(8)48-27-19-12-20-28-48/h9-36,41-44,54,56H,1-8H3/t41-,42-,43-,44-,54?,56?/m1/s1. The predicted octanol–water partition coefficient (Wildman–Crippen LogP) is 15.8. The van der Waals surface area contributed by atoms with E-state index < -0.39 is 0 Å². The first-order valence-electron chi connectivity index (χ1n) is 22.5. The molecule has 1 fully saturated rings. The molecular formula is C60H58N2. The molecular weight excluding hydrogens is 749 g/mol. The van der Waals surface area contributed by atoms with E-state index in [9.17, 15) is 0 Å². The maximum atomic E-state index is 6.14. The van der Waals surface area contributed by atoms with Gasteiger partial charge in [-0.15, -0.1) is 0 Å². The molecule has 6 aromatic carbocycles. The molecule has 0 aromatic heterocycles. The zero-order valence-corrected chi connectivity index (χ0v) is 37.5. The van der Waals surface area contributed by atoms with Crippen LogP contribution in [0.4, 0.5) is 11.4 Å². The van der Waals surface area contributed by atoms with Crippen LogP contribution in [-0.2, 0) is 0 Å². The summed E-state index contributed by atoms with van der Waals surface area (Å²) in [7, 11) is 0. The largest absolute Gasteiger partial charge is 0.250 e. The molecule has 6 atom stereocenters. The lowest BCUT2D eigenvalue weighted by atomic mass is 9.75. The second kappa shape index (κ2) is 17.2. The molecule has 0 radical (unpaired) electrons. The Morgan fingerprint density at radius 3 is 1.18 bits per heavy atom. The Hall–Kier alpha value is -6.38. The van der Waals surface area contributed by atoms with Crippen LogP contribution in [-0.4, -0.2) is 11.4 Å². The molecule has 2 nitrogen and oxygen atoms in total. The van der Waals surface area contributed by atoms with Crippen molar-refractivity contribution in [3.8, 4) is 0 Å². The highest BCUT2D eigenvalue weighted by atomic mass is 14.9. The van der Waals surface area contributed by atoms with Gasteiger partial charge in [-0.1, -0.05) is 214 Å². The highest BCUT2D eigenvalue weighted by molar-refractivity contribution is 6.53. The monoisotopic (exact) mass is 806 g/mol. The number of aryl methyl sites for hydroxylation is 2. The van der Waals surface area contributed by atoms with Crippen LogP contribution in [0.1, 0.15) is 121 Å². The maximum Gasteiger partial charge on any atom is 0.0899 e. The smallest absolute Gasteiger partial charge is 0.0899 e. The molecule has 1 saturated carbocycles. The quantitative estimate of drug-likeness (QED) is 0.132. The average molecular weight is 807 g/mol. The highest BCUT2D eigenvalue weighted by Crippen LogP contribution is 2.52. The summed E-state index contributed by atoms with van der Waals surface area (Å²) in [6.45, 7) is 18.4. The van der Waals surface area contributed by atoms with Crippen molar-refractivity contribution in [1.82, 2.24) is 0 Å². The van der Waals surface area contributed by atoms with Crippen molar-refractivity contribution in [3.05, 3.63) is 248 Å². The van der Waals surface area contributed by atoms with Gasteiger partial charge in [0.05, 0.1) is 22.8 Å². The molecule has 6 aromatic rings. The Kier molecular flexibility index (Phi) is 11.4. The molecule has 3 aliphatic rings. The summed E-state index contributed by atoms with van der Waals surface area (Å²) < 4.78 is 0. The third-order valence-electron chi connectivity index (χ3n) is 13.9. The van der Waals surface area contributed by atoms with Crippen LogP contribution in [0.2, 0.25) is 0 Å². The summed E-state index contributed by atoms with van der Waals surface area (Å²) in [5.74, 6) is 0.683. The molecule has 308 valence electrons. The van der Waals surface area contributed by atoms with Crippen LogP contribution in [0.5, 0.6) is 0 Å². The minimum absolute atomic E-state index is 0.0557. The summed E-state index contributed by atoms with van der Waals surface area (Å²) >= 11 is 0. The fourth-order valence-electron chi connectivity index (χ4n) is 10.3. The molecule has 0 amide bonds. The Morgan fingerprint density at radius 2 is 0.790 bits per heavy atom. The number of nitrogens with zero attached hydrogens (tertiary/aromatic N) is 2. The molecule has 9 rings (SSSR count). The van der Waals surface area contributed by atoms with E-state index in [0.717, 1.165) is 22.8 Å². The van der Waals surface area contributed by atoms with E-state index >= 15 is 0 Å². The number of benzene rings is 6. The van der Waals surface area contributed by atoms with E-state index in [0.29, 0.717) is 0 Å². The van der Waals surface area contributed by atoms with E-state index in [-0.39, 0.29) is 35.5 Å². The van der Waals surface area contributed by atoms with Crippen molar-refractivity contribution in [2.45, 2.75) is 79.1 Å². The second-order valence-electron chi connectivity index (χ2n) is 18.0. The first-order chi connectivity index (χ1) is 30.1. The molecule has 0 spiro atoms. The summed E-state index contributed by atoms with van der Waals surface area (Å²) in [4.78, 5) is 12.3. The van der Waals surface area contributed by atoms with Crippen LogP contribution in [0.15, 0.2) is 202 Å². The average Bonchev–Trinajstić information content (AvgIpc) is 3.64. The van der Waals surface area contributed by atoms with Gasteiger partial charge in [0.2, 0.25) is 0 Å². The Balaban J connectivity index is 1.37. The molecule has 0 N–H and O–H groups in total. The number of hydrogen-bond acceptors (Lipinski definition) is 2. The number of aliphatic imine (C=N–C) groups is 2. The summed E-state index contributed by atoms with van der Waals surface area (Å²) in [6, 6.07) is 53.3. The van der Waals surface area contributed by atoms with Crippen LogP contribution in [0, 0.1) is 25.7 Å². The van der Waals surface area contributed by atoms with Crippen molar-refractivity contribution < 1.29 is 0 Å². The van der Waals surface area contributed by atoms with Crippen molar-refractivity contribution >= 4 is 22.8 Å². The van der Waals surface area contributed by atoms with Gasteiger partial charge in [0.1, 0.15) is 0 Å². The van der Waals surface area contributed by atoms with Gasteiger partial charge in [0.25, 0.3) is 0 Å². The van der Waals surface area contributed by atoms with E-state index in [2.05, 4.69) is 225 Å². The lowest BCUT2D eigenvalue weighted by Gasteiger charge is -2.28. The maximum absolute atomic E-state index is 6.14. The Labute approximate surface area is 369 Å². The molecule has 62 heavy (non-hydrogen) atoms. The molecule has 2 heteroatoms. The minimum atomic E-state index is 0.0557. The van der Waals surface area contributed by atoms with E-state index in [1.165, 1.54) is 77.9 Å². The van der Waals surface area contributed by atoms with Gasteiger partial charge in [-0.2, -0.15) is 0 Å². The normalized spacial score (nSPS) is 20.1. The molecule has 0 bridgehead atoms. The van der Waals surface area contributed by atoms with Gasteiger partial charge in [-0.25, -0.2) is 9.98 Å². The van der Waals surface area contributed by atoms with Crippen LogP contribution < -0.4 is 0 Å². The van der Waals surface area contributed by atoms with E-state index in [1.54, 1.807) is 0 Å². The lowest BCUT2D eigenvalue weighted by Crippen LogP contribution is -2.22. The fraction of sp³-hybridized carbons (Fsp3) is 0.233. The van der Waals surface area contributed by atoms with Gasteiger partial charge in [-0.3, -0.25) is 0 Å². The van der Waals surface area contributed by atoms with Crippen molar-refractivity contribution in [1.29, 1.82) is 0 Å². The Bertz CT molecular complexity index is 2680. The minimum Gasteiger partial charge on any atom is -0.250 e. The molecule has 2 unspecified atom stereocenters. The van der Waals surface area contributed by atoms with Crippen molar-refractivity contribution in [2.24, 2.45) is 21.8 Å². The van der Waals surface area contributed by atoms with Gasteiger partial charge in [0.15, 0.2) is 0 Å². The second-order valence-corrected chi connectivity index (χ2v) is 18.0. The summed E-state index contributed by atoms with van der Waals surface area (Å²) in [6.07, 6.45) is 9.28. The van der Waals surface area contributed by atoms with Gasteiger partial charge < -0.3 is 0 Å². The SMILES string of the molecule is CC1=CC=C2C=CC(C)=C3C(=Nc4c([C@H](C)c5ccccc5)cc(C)cc4[C@H](C)c4ccccc4)C(=Nc4c([C@H](C)c5ccccc5)cc(C)cc4[C@H](C)c4ccccc4)C1C23. The fourth-order valence-corrected chi connectivity index (χ4v) is 10.3. The third kappa shape index (κ3) is 7.62. The first-order valence-corrected chi connectivity index (χ1v) is 22.5. The Morgan fingerprint density at radius 1 is 0.419 bits per heavy atom. The molecule has 0 aliphatic heterocycles. The molecule has 0 heterocycles. The highest BCUT2D eigenvalue weighted by Gasteiger charge is 2.47.